The van der Waals surface area contributed by atoms with Crippen LogP contribution in [0.4, 0.5) is 5.69 Å². The van der Waals surface area contributed by atoms with Crippen LogP contribution in [0.1, 0.15) is 29.7 Å². The van der Waals surface area contributed by atoms with Gasteiger partial charge in [-0.15, -0.1) is 0 Å². The molecule has 0 spiro atoms. The Balaban J connectivity index is 2.04. The molecule has 1 atom stereocenters. The lowest BCUT2D eigenvalue weighted by molar-refractivity contribution is -0.384. The molecule has 0 aromatic heterocycles. The lowest BCUT2D eigenvalue weighted by atomic mass is 10.0. The third kappa shape index (κ3) is 4.32. The Morgan fingerprint density at radius 2 is 1.92 bits per heavy atom. The Labute approximate surface area is 140 Å². The molecule has 24 heavy (non-hydrogen) atoms. The number of amides is 1. The lowest BCUT2D eigenvalue weighted by Gasteiger charge is -2.18. The van der Waals surface area contributed by atoms with Crippen LogP contribution in [0.3, 0.4) is 0 Å². The van der Waals surface area contributed by atoms with Crippen molar-refractivity contribution in [3.63, 3.8) is 0 Å². The summed E-state index contributed by atoms with van der Waals surface area (Å²) in [5.41, 5.74) is 2.73. The van der Waals surface area contributed by atoms with Gasteiger partial charge >= 0.3 is 0 Å². The summed E-state index contributed by atoms with van der Waals surface area (Å²) in [5.74, 6) is 0.573. The molecule has 2 rings (SSSR count). The first kappa shape index (κ1) is 17.5. The molecule has 0 heterocycles. The smallest absolute Gasteiger partial charge is 0.269 e. The Morgan fingerprint density at radius 1 is 1.25 bits per heavy atom. The number of methoxy groups -OCH3 is 1. The second-order valence-electron chi connectivity index (χ2n) is 5.63. The lowest BCUT2D eigenvalue weighted by Crippen LogP contribution is -2.28. The summed E-state index contributed by atoms with van der Waals surface area (Å²) in [5, 5.41) is 13.6. The molecular weight excluding hydrogens is 308 g/mol. The van der Waals surface area contributed by atoms with Crippen molar-refractivity contribution in [3.8, 4) is 5.75 Å². The molecule has 0 radical (unpaired) electrons. The number of carbonyl (C=O) groups is 1. The molecule has 1 amide bonds. The van der Waals surface area contributed by atoms with E-state index in [9.17, 15) is 14.9 Å². The van der Waals surface area contributed by atoms with E-state index in [1.54, 1.807) is 19.2 Å². The van der Waals surface area contributed by atoms with Crippen molar-refractivity contribution in [1.29, 1.82) is 0 Å². The van der Waals surface area contributed by atoms with E-state index < -0.39 is 4.92 Å². The zero-order chi connectivity index (χ0) is 17.7. The predicted octanol–water partition coefficient (Wildman–Crippen LogP) is 3.33. The number of hydrogen-bond donors (Lipinski definition) is 1. The van der Waals surface area contributed by atoms with E-state index >= 15 is 0 Å². The molecule has 6 nitrogen and oxygen atoms in total. The van der Waals surface area contributed by atoms with Crippen molar-refractivity contribution in [2.24, 2.45) is 0 Å². The quantitative estimate of drug-likeness (QED) is 0.651. The topological polar surface area (TPSA) is 81.5 Å². The van der Waals surface area contributed by atoms with Crippen molar-refractivity contribution >= 4 is 11.6 Å². The Morgan fingerprint density at radius 3 is 2.50 bits per heavy atom. The number of rotatable bonds is 6. The average Bonchev–Trinajstić information content (AvgIpc) is 2.55. The van der Waals surface area contributed by atoms with Gasteiger partial charge in [0.05, 0.1) is 24.5 Å². The van der Waals surface area contributed by atoms with Crippen LogP contribution in [-0.2, 0) is 11.2 Å². The highest BCUT2D eigenvalue weighted by Crippen LogP contribution is 2.26. The molecule has 6 heteroatoms. The van der Waals surface area contributed by atoms with Gasteiger partial charge in [0.15, 0.2) is 0 Å². The van der Waals surface area contributed by atoms with Crippen LogP contribution in [0, 0.1) is 17.0 Å². The highest BCUT2D eigenvalue weighted by atomic mass is 16.6. The number of aryl methyl sites for hydroxylation is 1. The number of nitrogens with one attached hydrogen (secondary N) is 1. The maximum Gasteiger partial charge on any atom is 0.269 e. The number of nitro benzene ring substituents is 1. The average molecular weight is 328 g/mol. The minimum absolute atomic E-state index is 0.0111. The number of nitrogens with zero attached hydrogens (tertiary/aromatic N) is 1. The van der Waals surface area contributed by atoms with E-state index in [1.807, 2.05) is 32.0 Å². The molecule has 0 aliphatic rings. The minimum atomic E-state index is -0.462. The first-order valence-electron chi connectivity index (χ1n) is 7.58. The van der Waals surface area contributed by atoms with Crippen LogP contribution >= 0.6 is 0 Å². The van der Waals surface area contributed by atoms with E-state index in [0.29, 0.717) is 0 Å². The monoisotopic (exact) mass is 328 g/mol. The SMILES string of the molecule is COc1ccc(C)cc1[C@H](C)NC(=O)Cc1ccc([N+](=O)[O-])cc1. The molecule has 126 valence electrons. The Bertz CT molecular complexity index is 741. The van der Waals surface area contributed by atoms with E-state index in [2.05, 4.69) is 5.32 Å². The first-order valence-corrected chi connectivity index (χ1v) is 7.58. The van der Waals surface area contributed by atoms with E-state index in [1.165, 1.54) is 12.1 Å². The van der Waals surface area contributed by atoms with Crippen molar-refractivity contribution in [2.75, 3.05) is 7.11 Å². The molecular formula is C18H20N2O4. The Hall–Kier alpha value is -2.89. The summed E-state index contributed by atoms with van der Waals surface area (Å²) < 4.78 is 5.34. The van der Waals surface area contributed by atoms with Gasteiger partial charge in [0.1, 0.15) is 5.75 Å². The van der Waals surface area contributed by atoms with Crippen molar-refractivity contribution < 1.29 is 14.5 Å². The molecule has 0 saturated carbocycles. The fourth-order valence-corrected chi connectivity index (χ4v) is 2.48. The van der Waals surface area contributed by atoms with Crippen LogP contribution in [0.25, 0.3) is 0 Å². The maximum atomic E-state index is 12.2. The van der Waals surface area contributed by atoms with Crippen molar-refractivity contribution in [1.82, 2.24) is 5.32 Å². The zero-order valence-electron chi connectivity index (χ0n) is 13.9. The largest absolute Gasteiger partial charge is 0.496 e. The third-order valence-corrected chi connectivity index (χ3v) is 3.74. The highest BCUT2D eigenvalue weighted by molar-refractivity contribution is 5.79. The fourth-order valence-electron chi connectivity index (χ4n) is 2.48. The minimum Gasteiger partial charge on any atom is -0.496 e. The molecule has 0 aliphatic heterocycles. The van der Waals surface area contributed by atoms with Gasteiger partial charge in [0.25, 0.3) is 5.69 Å². The number of ether oxygens (including phenoxy) is 1. The molecule has 2 aromatic rings. The van der Waals surface area contributed by atoms with Gasteiger partial charge in [-0.05, 0) is 25.5 Å². The molecule has 0 unspecified atom stereocenters. The summed E-state index contributed by atoms with van der Waals surface area (Å²) in [7, 11) is 1.60. The second-order valence-corrected chi connectivity index (χ2v) is 5.63. The molecule has 2 aromatic carbocycles. The van der Waals surface area contributed by atoms with Crippen LogP contribution in [0.2, 0.25) is 0 Å². The summed E-state index contributed by atoms with van der Waals surface area (Å²) in [6.45, 7) is 3.87. The van der Waals surface area contributed by atoms with Gasteiger partial charge in [-0.1, -0.05) is 29.8 Å². The number of non-ortho nitro benzene ring substituents is 1. The molecule has 0 fully saturated rings. The fraction of sp³-hybridized carbons (Fsp3) is 0.278. The van der Waals surface area contributed by atoms with Gasteiger partial charge in [-0.3, -0.25) is 14.9 Å². The van der Waals surface area contributed by atoms with Gasteiger partial charge in [-0.25, -0.2) is 0 Å². The summed E-state index contributed by atoms with van der Waals surface area (Å²) in [6, 6.07) is 11.6. The number of carbonyl (C=O) groups excluding carboxylic acids is 1. The standard InChI is InChI=1S/C18H20N2O4/c1-12-4-9-17(24-3)16(10-12)13(2)19-18(21)11-14-5-7-15(8-6-14)20(22)23/h4-10,13H,11H2,1-3H3,(H,19,21)/t13-/m0/s1. The van der Waals surface area contributed by atoms with Gasteiger partial charge in [-0.2, -0.15) is 0 Å². The van der Waals surface area contributed by atoms with Crippen LogP contribution < -0.4 is 10.1 Å². The number of benzene rings is 2. The summed E-state index contributed by atoms with van der Waals surface area (Å²) >= 11 is 0. The number of hydrogen-bond acceptors (Lipinski definition) is 4. The molecule has 0 bridgehead atoms. The predicted molar refractivity (Wildman–Crippen MR) is 91.1 cm³/mol. The van der Waals surface area contributed by atoms with Crippen molar-refractivity contribution in [3.05, 3.63) is 69.3 Å². The van der Waals surface area contributed by atoms with Crippen LogP contribution in [-0.4, -0.2) is 17.9 Å². The molecule has 0 saturated heterocycles. The summed E-state index contributed by atoms with van der Waals surface area (Å²) in [6.07, 6.45) is 0.163. The molecule has 0 aliphatic carbocycles. The van der Waals surface area contributed by atoms with Crippen LogP contribution in [0.15, 0.2) is 42.5 Å². The highest BCUT2D eigenvalue weighted by Gasteiger charge is 2.15. The second kappa shape index (κ2) is 7.59. The molecule has 1 N–H and O–H groups in total. The van der Waals surface area contributed by atoms with E-state index in [4.69, 9.17) is 4.74 Å². The normalized spacial score (nSPS) is 11.6. The maximum absolute atomic E-state index is 12.2. The van der Waals surface area contributed by atoms with Crippen LogP contribution in [0.5, 0.6) is 5.75 Å². The first-order chi connectivity index (χ1) is 11.4. The van der Waals surface area contributed by atoms with Gasteiger partial charge in [0, 0.05) is 17.7 Å². The van der Waals surface area contributed by atoms with E-state index in [0.717, 1.165) is 22.4 Å². The number of nitro groups is 1. The van der Waals surface area contributed by atoms with Gasteiger partial charge < -0.3 is 10.1 Å². The van der Waals surface area contributed by atoms with Crippen molar-refractivity contribution in [2.45, 2.75) is 26.3 Å². The Kier molecular flexibility index (Phi) is 5.52. The summed E-state index contributed by atoms with van der Waals surface area (Å²) in [4.78, 5) is 22.4. The van der Waals surface area contributed by atoms with E-state index in [-0.39, 0.29) is 24.1 Å². The van der Waals surface area contributed by atoms with Gasteiger partial charge in [0.2, 0.25) is 5.91 Å². The third-order valence-electron chi connectivity index (χ3n) is 3.74. The zero-order valence-corrected chi connectivity index (χ0v) is 13.9.